The number of alkyl halides is 3. The number of carbonyl (C=O) groups excluding carboxylic acids is 1. The second-order valence-corrected chi connectivity index (χ2v) is 7.38. The van der Waals surface area contributed by atoms with Crippen LogP contribution in [0.4, 0.5) is 13.2 Å². The summed E-state index contributed by atoms with van der Waals surface area (Å²) in [7, 11) is 0. The molecule has 8 heteroatoms. The third kappa shape index (κ3) is 3.73. The van der Waals surface area contributed by atoms with E-state index in [4.69, 9.17) is 0 Å². The maximum Gasteiger partial charge on any atom is 0.391 e. The molecule has 1 saturated carbocycles. The number of aryl methyl sites for hydroxylation is 1. The van der Waals surface area contributed by atoms with E-state index in [1.165, 1.54) is 11.3 Å². The van der Waals surface area contributed by atoms with Gasteiger partial charge in [-0.25, -0.2) is 4.98 Å². The normalized spacial score (nSPS) is 21.3. The molecule has 0 spiro atoms. The van der Waals surface area contributed by atoms with E-state index in [1.807, 2.05) is 23.8 Å². The molecule has 136 valence electrons. The summed E-state index contributed by atoms with van der Waals surface area (Å²) in [6.07, 6.45) is -1.33. The second kappa shape index (κ2) is 6.82. The molecule has 0 bridgehead atoms. The zero-order valence-electron chi connectivity index (χ0n) is 14.1. The molecule has 0 aromatic carbocycles. The van der Waals surface area contributed by atoms with Gasteiger partial charge in [-0.05, 0) is 39.2 Å². The zero-order valence-corrected chi connectivity index (χ0v) is 14.9. The van der Waals surface area contributed by atoms with Crippen LogP contribution in [-0.2, 0) is 0 Å². The molecule has 1 amide bonds. The fourth-order valence-corrected chi connectivity index (χ4v) is 4.25. The van der Waals surface area contributed by atoms with Crippen molar-refractivity contribution < 1.29 is 18.0 Å². The first-order chi connectivity index (χ1) is 11.8. The number of halogens is 3. The van der Waals surface area contributed by atoms with Crippen molar-refractivity contribution in [3.05, 3.63) is 34.6 Å². The van der Waals surface area contributed by atoms with Crippen LogP contribution in [0.1, 0.15) is 47.4 Å². The standard InChI is InChI=1S/C17H20F3N3OS/c1-10-8-14(11(2)23(10)16-21-6-7-25-16)15(24)22-13-5-3-4-12(9-13)17(18,19)20/h6-8,12-13H,3-5,9H2,1-2H3,(H,22,24)/t12-,13+/m0/s1. The fourth-order valence-electron chi connectivity index (χ4n) is 3.49. The van der Waals surface area contributed by atoms with Crippen molar-refractivity contribution in [2.45, 2.75) is 51.7 Å². The number of nitrogens with one attached hydrogen (secondary N) is 1. The summed E-state index contributed by atoms with van der Waals surface area (Å²) in [5, 5.41) is 5.42. The molecule has 3 rings (SSSR count). The Morgan fingerprint density at radius 2 is 2.12 bits per heavy atom. The first-order valence-corrected chi connectivity index (χ1v) is 9.11. The Morgan fingerprint density at radius 1 is 1.36 bits per heavy atom. The van der Waals surface area contributed by atoms with E-state index in [2.05, 4.69) is 10.3 Å². The number of rotatable bonds is 3. The molecule has 2 heterocycles. The molecule has 4 nitrogen and oxygen atoms in total. The number of thiazole rings is 1. The van der Waals surface area contributed by atoms with E-state index in [0.717, 1.165) is 16.5 Å². The van der Waals surface area contributed by atoms with Gasteiger partial charge in [-0.2, -0.15) is 13.2 Å². The van der Waals surface area contributed by atoms with Crippen LogP contribution in [0.25, 0.3) is 5.13 Å². The number of nitrogens with zero attached hydrogens (tertiary/aromatic N) is 2. The fraction of sp³-hybridized carbons (Fsp3) is 0.529. The Labute approximate surface area is 148 Å². The number of carbonyl (C=O) groups is 1. The second-order valence-electron chi connectivity index (χ2n) is 6.51. The van der Waals surface area contributed by atoms with Gasteiger partial charge < -0.3 is 5.32 Å². The first kappa shape index (κ1) is 18.0. The lowest BCUT2D eigenvalue weighted by Gasteiger charge is -2.31. The molecule has 0 radical (unpaired) electrons. The van der Waals surface area contributed by atoms with Crippen LogP contribution in [0.2, 0.25) is 0 Å². The summed E-state index contributed by atoms with van der Waals surface area (Å²) in [6, 6.07) is 1.33. The van der Waals surface area contributed by atoms with Crippen molar-refractivity contribution in [1.82, 2.24) is 14.9 Å². The average molecular weight is 371 g/mol. The molecule has 1 N–H and O–H groups in total. The van der Waals surface area contributed by atoms with E-state index in [0.29, 0.717) is 18.4 Å². The Balaban J connectivity index is 1.75. The van der Waals surface area contributed by atoms with Gasteiger partial charge >= 0.3 is 6.18 Å². The lowest BCUT2D eigenvalue weighted by Crippen LogP contribution is -2.41. The summed E-state index contributed by atoms with van der Waals surface area (Å²) in [5.41, 5.74) is 2.10. The Bertz CT molecular complexity index is 752. The molecule has 2 aromatic heterocycles. The summed E-state index contributed by atoms with van der Waals surface area (Å²) in [4.78, 5) is 16.9. The molecule has 2 aromatic rings. The topological polar surface area (TPSA) is 46.9 Å². The maximum absolute atomic E-state index is 12.9. The van der Waals surface area contributed by atoms with Crippen LogP contribution in [0.15, 0.2) is 17.6 Å². The first-order valence-electron chi connectivity index (χ1n) is 8.23. The number of aromatic nitrogens is 2. The van der Waals surface area contributed by atoms with E-state index in [9.17, 15) is 18.0 Å². The van der Waals surface area contributed by atoms with Gasteiger partial charge in [0.2, 0.25) is 0 Å². The van der Waals surface area contributed by atoms with Crippen LogP contribution in [0, 0.1) is 19.8 Å². The quantitative estimate of drug-likeness (QED) is 0.869. The van der Waals surface area contributed by atoms with Crippen LogP contribution in [0.5, 0.6) is 0 Å². The van der Waals surface area contributed by atoms with Crippen molar-refractivity contribution >= 4 is 17.2 Å². The predicted octanol–water partition coefficient (Wildman–Crippen LogP) is 4.40. The molecular weight excluding hydrogens is 351 g/mol. The van der Waals surface area contributed by atoms with Gasteiger partial charge in [-0.15, -0.1) is 11.3 Å². The van der Waals surface area contributed by atoms with E-state index < -0.39 is 18.1 Å². The van der Waals surface area contributed by atoms with Gasteiger partial charge in [0.1, 0.15) is 0 Å². The Hall–Kier alpha value is -1.83. The van der Waals surface area contributed by atoms with Gasteiger partial charge in [0.05, 0.1) is 11.5 Å². The number of hydrogen-bond donors (Lipinski definition) is 1. The molecule has 0 aliphatic heterocycles. The molecule has 1 aliphatic rings. The SMILES string of the molecule is Cc1cc(C(=O)N[C@@H]2CCC[C@H](C(F)(F)F)C2)c(C)n1-c1nccs1. The number of amides is 1. The average Bonchev–Trinajstić information content (AvgIpc) is 3.14. The highest BCUT2D eigenvalue weighted by Crippen LogP contribution is 2.37. The molecule has 2 atom stereocenters. The Kier molecular flexibility index (Phi) is 4.90. The Morgan fingerprint density at radius 3 is 2.76 bits per heavy atom. The molecule has 25 heavy (non-hydrogen) atoms. The third-order valence-corrected chi connectivity index (χ3v) is 5.52. The van der Waals surface area contributed by atoms with Crippen molar-refractivity contribution in [3.8, 4) is 5.13 Å². The maximum atomic E-state index is 12.9. The van der Waals surface area contributed by atoms with E-state index in [-0.39, 0.29) is 18.7 Å². The van der Waals surface area contributed by atoms with Gasteiger partial charge in [0.15, 0.2) is 5.13 Å². The molecule has 0 unspecified atom stereocenters. The monoisotopic (exact) mass is 371 g/mol. The lowest BCUT2D eigenvalue weighted by molar-refractivity contribution is -0.183. The predicted molar refractivity (Wildman–Crippen MR) is 90.2 cm³/mol. The minimum absolute atomic E-state index is 0.0412. The number of hydrogen-bond acceptors (Lipinski definition) is 3. The lowest BCUT2D eigenvalue weighted by atomic mass is 9.85. The van der Waals surface area contributed by atoms with Crippen LogP contribution < -0.4 is 5.32 Å². The van der Waals surface area contributed by atoms with Crippen molar-refractivity contribution in [1.29, 1.82) is 0 Å². The highest BCUT2D eigenvalue weighted by Gasteiger charge is 2.42. The van der Waals surface area contributed by atoms with Gasteiger partial charge in [0, 0.05) is 29.0 Å². The summed E-state index contributed by atoms with van der Waals surface area (Å²) >= 11 is 1.46. The molecule has 1 aliphatic carbocycles. The largest absolute Gasteiger partial charge is 0.391 e. The highest BCUT2D eigenvalue weighted by atomic mass is 32.1. The van der Waals surface area contributed by atoms with Crippen molar-refractivity contribution in [2.75, 3.05) is 0 Å². The minimum atomic E-state index is -4.19. The minimum Gasteiger partial charge on any atom is -0.349 e. The van der Waals surface area contributed by atoms with Crippen molar-refractivity contribution in [2.24, 2.45) is 5.92 Å². The van der Waals surface area contributed by atoms with Gasteiger partial charge in [0.25, 0.3) is 5.91 Å². The van der Waals surface area contributed by atoms with Crippen LogP contribution in [0.3, 0.4) is 0 Å². The molecule has 1 fully saturated rings. The van der Waals surface area contributed by atoms with E-state index >= 15 is 0 Å². The summed E-state index contributed by atoms with van der Waals surface area (Å²) < 4.78 is 40.7. The molecule has 0 saturated heterocycles. The van der Waals surface area contributed by atoms with Gasteiger partial charge in [-0.1, -0.05) is 6.42 Å². The summed E-state index contributed by atoms with van der Waals surface area (Å²) in [5.74, 6) is -1.64. The van der Waals surface area contributed by atoms with E-state index in [1.54, 1.807) is 12.3 Å². The van der Waals surface area contributed by atoms with Crippen LogP contribution >= 0.6 is 11.3 Å². The highest BCUT2D eigenvalue weighted by molar-refractivity contribution is 7.12. The summed E-state index contributed by atoms with van der Waals surface area (Å²) in [6.45, 7) is 3.70. The third-order valence-electron chi connectivity index (χ3n) is 4.76. The smallest absolute Gasteiger partial charge is 0.349 e. The van der Waals surface area contributed by atoms with Crippen molar-refractivity contribution in [3.63, 3.8) is 0 Å². The van der Waals surface area contributed by atoms with Crippen LogP contribution in [-0.4, -0.2) is 27.7 Å². The van der Waals surface area contributed by atoms with Gasteiger partial charge in [-0.3, -0.25) is 9.36 Å². The molecular formula is C17H20F3N3OS. The zero-order chi connectivity index (χ0) is 18.2.